The van der Waals surface area contributed by atoms with Gasteiger partial charge >= 0.3 is 0 Å². The molecule has 438 valence electrons. The highest BCUT2D eigenvalue weighted by Crippen LogP contribution is 2.55. The third-order valence-electron chi connectivity index (χ3n) is 17.8. The molecule has 8 aliphatic rings. The summed E-state index contributed by atoms with van der Waals surface area (Å²) in [6.45, 7) is 19.5. The Balaban J connectivity index is 0.000000196. The summed E-state index contributed by atoms with van der Waals surface area (Å²) in [5.74, 6) is -0.775. The van der Waals surface area contributed by atoms with Crippen LogP contribution in [0.3, 0.4) is 0 Å². The molecule has 2 fully saturated rings. The highest BCUT2D eigenvalue weighted by molar-refractivity contribution is 6.26. The maximum atomic E-state index is 13.9. The lowest BCUT2D eigenvalue weighted by Gasteiger charge is -2.60. The van der Waals surface area contributed by atoms with Gasteiger partial charge in [0.25, 0.3) is 0 Å². The molecule has 10 rings (SSSR count). The van der Waals surface area contributed by atoms with Crippen LogP contribution in [0.15, 0.2) is 57.1 Å². The number of rotatable bonds is 14. The Labute approximate surface area is 473 Å². The number of carbonyl (C=O) groups excluding carboxylic acids is 6. The third kappa shape index (κ3) is 9.84. The number of piperazine rings is 2. The third-order valence-corrected chi connectivity index (χ3v) is 17.8. The number of nitrogens with two attached hydrogens (primary N) is 2. The Morgan fingerprint density at radius 1 is 0.617 bits per heavy atom. The summed E-state index contributed by atoms with van der Waals surface area (Å²) in [6, 6.07) is -0.410. The molecular weight excluding hydrogens is 1040 g/mol. The number of nitrogens with zero attached hydrogens (tertiary/aromatic N) is 4. The number of fused-ring (bicyclic) bond motifs is 12. The molecule has 11 atom stereocenters. The van der Waals surface area contributed by atoms with E-state index in [1.165, 1.54) is 0 Å². The molecule has 2 amide bonds. The Morgan fingerprint density at radius 3 is 1.52 bits per heavy atom. The number of phenols is 2. The van der Waals surface area contributed by atoms with Gasteiger partial charge < -0.3 is 56.4 Å². The molecular formula is C60H80N8O13. The van der Waals surface area contributed by atoms with Crippen LogP contribution >= 0.6 is 0 Å². The van der Waals surface area contributed by atoms with Gasteiger partial charge in [0.15, 0.2) is 46.1 Å². The predicted octanol–water partition coefficient (Wildman–Crippen LogP) is 2.67. The van der Waals surface area contributed by atoms with Crippen molar-refractivity contribution < 1.29 is 63.0 Å². The molecule has 2 aliphatic carbocycles. The maximum absolute atomic E-state index is 13.9. The fourth-order valence-electron chi connectivity index (χ4n) is 14.2. The molecule has 81 heavy (non-hydrogen) atoms. The topological polar surface area (TPSA) is 289 Å². The monoisotopic (exact) mass is 1120 g/mol. The molecule has 6 heterocycles. The molecule has 0 spiro atoms. The number of Topliss-reactive ketones (excluding diaryl/α,β-unsaturated/α-hetero) is 4. The fourth-order valence-corrected chi connectivity index (χ4v) is 14.2. The van der Waals surface area contributed by atoms with Crippen LogP contribution in [0.5, 0.6) is 23.0 Å². The first-order valence-corrected chi connectivity index (χ1v) is 28.5. The number of benzene rings is 2. The number of ether oxygens (including phenoxy) is 4. The van der Waals surface area contributed by atoms with Crippen LogP contribution in [0.25, 0.3) is 0 Å². The summed E-state index contributed by atoms with van der Waals surface area (Å²) in [6.07, 6.45) is 0.651. The van der Waals surface area contributed by atoms with Crippen molar-refractivity contribution in [1.82, 2.24) is 30.2 Å². The predicted molar refractivity (Wildman–Crippen MR) is 299 cm³/mol. The van der Waals surface area contributed by atoms with Gasteiger partial charge in [-0.25, -0.2) is 0 Å². The lowest BCUT2D eigenvalue weighted by molar-refractivity contribution is -0.167. The summed E-state index contributed by atoms with van der Waals surface area (Å²) < 4.78 is 23.0. The number of allylic oxidation sites excluding steroid dienone is 4. The van der Waals surface area contributed by atoms with Gasteiger partial charge in [0.05, 0.1) is 68.7 Å². The fraction of sp³-hybridized carbons (Fsp3) is 0.567. The largest absolute Gasteiger partial charge is 0.504 e. The van der Waals surface area contributed by atoms with Crippen molar-refractivity contribution in [3.63, 3.8) is 0 Å². The molecule has 21 nitrogen and oxygen atoms in total. The number of ketones is 4. The molecule has 6 aliphatic heterocycles. The minimum atomic E-state index is -1.03. The first-order valence-electron chi connectivity index (χ1n) is 28.5. The highest BCUT2D eigenvalue weighted by atomic mass is 16.5. The number of hydrogen-bond donors (Lipinski definition) is 7. The normalized spacial score (nSPS) is 27.9. The average molecular weight is 1120 g/mol. The summed E-state index contributed by atoms with van der Waals surface area (Å²) in [7, 11) is 3.96. The van der Waals surface area contributed by atoms with Crippen molar-refractivity contribution in [2.24, 2.45) is 11.5 Å². The van der Waals surface area contributed by atoms with Crippen LogP contribution in [0.2, 0.25) is 0 Å². The van der Waals surface area contributed by atoms with Crippen molar-refractivity contribution >= 4 is 34.9 Å². The van der Waals surface area contributed by atoms with E-state index in [0.717, 1.165) is 27.8 Å². The SMILES string of the molecule is CCOC1=C(C)C(=O)C2=C(C1=O)C(CNC(=O)C(C)N)N1C(O)C3Cc4cc(C)c(OCC)c(O)c4C(C1C2)N3C.CCOC1=C(C)C(=O)C2=C(C1=O)C(CNC(=O)C(C)N)N1CC3Cc4cc(C)c(OCC)c(O)c4C(C1C2)N3C. The Bertz CT molecular complexity index is 3110. The van der Waals surface area contributed by atoms with Crippen LogP contribution in [-0.2, 0) is 51.1 Å². The van der Waals surface area contributed by atoms with Crippen LogP contribution < -0.4 is 31.6 Å². The van der Waals surface area contributed by atoms with Crippen molar-refractivity contribution in [2.75, 3.05) is 60.2 Å². The van der Waals surface area contributed by atoms with E-state index in [-0.39, 0.29) is 114 Å². The van der Waals surface area contributed by atoms with Gasteiger partial charge in [-0.05, 0) is 131 Å². The molecule has 2 saturated heterocycles. The molecule has 9 N–H and O–H groups in total. The van der Waals surface area contributed by atoms with Gasteiger partial charge in [0.2, 0.25) is 23.4 Å². The number of hydrogen-bond acceptors (Lipinski definition) is 19. The first kappa shape index (κ1) is 59.2. The number of aliphatic hydroxyl groups excluding tert-OH is 1. The van der Waals surface area contributed by atoms with Crippen molar-refractivity contribution in [1.29, 1.82) is 0 Å². The van der Waals surface area contributed by atoms with Gasteiger partial charge in [-0.2, -0.15) is 0 Å². The van der Waals surface area contributed by atoms with Gasteiger partial charge in [0, 0.05) is 82.3 Å². The Kier molecular flexibility index (Phi) is 16.8. The second kappa shape index (κ2) is 23.1. The van der Waals surface area contributed by atoms with Crippen LogP contribution in [-0.4, -0.2) is 185 Å². The number of aromatic hydroxyl groups is 2. The zero-order chi connectivity index (χ0) is 59.0. The molecule has 21 heteroatoms. The molecule has 0 aromatic heterocycles. The second-order valence-corrected chi connectivity index (χ2v) is 22.7. The van der Waals surface area contributed by atoms with E-state index in [1.807, 2.05) is 50.6 Å². The Morgan fingerprint density at radius 2 is 1.05 bits per heavy atom. The maximum Gasteiger partial charge on any atom is 0.236 e. The standard InChI is InChI=1S/C30H40N4O7.C30H40N4O6/c1-7-40-27-13(3)9-16-10-19-30(39)34-18(23(33(19)6)21(16)25(27)36)11-17-22(20(34)12-32-29(38)15(5)31)26(37)28(41-8-2)14(4)24(17)35;1-7-39-28-14(3)9-17-10-18-13-34-20(24(33(18)6)22(17)26(28)36)11-19-23(21(34)12-32-30(38)16(5)31)27(37)29(40-8-2)15(4)25(19)35/h9,15,18-20,23,30,36,39H,7-8,10-12,31H2,1-6H3,(H,32,38);9,16,18,20-21,24,36H,7-8,10-13,31H2,1-6H3,(H,32,38). The molecule has 0 saturated carbocycles. The van der Waals surface area contributed by atoms with E-state index in [4.69, 9.17) is 30.4 Å². The van der Waals surface area contributed by atoms with Crippen molar-refractivity contribution in [3.8, 4) is 23.0 Å². The van der Waals surface area contributed by atoms with E-state index in [1.54, 1.807) is 41.5 Å². The molecule has 4 bridgehead atoms. The summed E-state index contributed by atoms with van der Waals surface area (Å²) in [5, 5.41) is 40.7. The van der Waals surface area contributed by atoms with Gasteiger partial charge in [-0.3, -0.25) is 48.4 Å². The minimum absolute atomic E-state index is 0.00172. The lowest BCUT2D eigenvalue weighted by atomic mass is 9.71. The second-order valence-electron chi connectivity index (χ2n) is 22.7. The molecule has 2 aromatic rings. The summed E-state index contributed by atoms with van der Waals surface area (Å²) in [5.41, 5.74) is 18.8. The van der Waals surface area contributed by atoms with Crippen molar-refractivity contribution in [3.05, 3.63) is 90.5 Å². The number of aryl methyl sites for hydroxylation is 2. The molecule has 11 unspecified atom stereocenters. The zero-order valence-corrected chi connectivity index (χ0v) is 48.7. The van der Waals surface area contributed by atoms with E-state index in [9.17, 15) is 44.1 Å². The number of likely N-dealkylation sites (N-methyl/N-ethyl adjacent to an activating group) is 2. The zero-order valence-electron chi connectivity index (χ0n) is 48.7. The summed E-state index contributed by atoms with van der Waals surface area (Å²) in [4.78, 5) is 88.8. The van der Waals surface area contributed by atoms with Crippen molar-refractivity contribution in [2.45, 2.75) is 162 Å². The lowest BCUT2D eigenvalue weighted by Crippen LogP contribution is -2.71. The minimum Gasteiger partial charge on any atom is -0.504 e. The molecule has 2 aromatic carbocycles. The number of nitrogens with one attached hydrogen (secondary N) is 2. The number of aliphatic hydroxyl groups is 1. The van der Waals surface area contributed by atoms with Crippen LogP contribution in [0.1, 0.15) is 114 Å². The van der Waals surface area contributed by atoms with Gasteiger partial charge in [-0.15, -0.1) is 0 Å². The van der Waals surface area contributed by atoms with E-state index in [0.29, 0.717) is 78.4 Å². The van der Waals surface area contributed by atoms with E-state index < -0.39 is 54.2 Å². The van der Waals surface area contributed by atoms with Crippen LogP contribution in [0, 0.1) is 13.8 Å². The number of phenolic OH excluding ortho intramolecular Hbond substituents is 2. The van der Waals surface area contributed by atoms with Crippen LogP contribution in [0.4, 0.5) is 0 Å². The Hall–Kier alpha value is -6.46. The van der Waals surface area contributed by atoms with Gasteiger partial charge in [0.1, 0.15) is 6.23 Å². The quantitative estimate of drug-likeness (QED) is 0.134. The number of carbonyl (C=O) groups is 6. The first-order chi connectivity index (χ1) is 38.4. The smallest absolute Gasteiger partial charge is 0.236 e. The molecule has 0 radical (unpaired) electrons. The van der Waals surface area contributed by atoms with E-state index >= 15 is 0 Å². The van der Waals surface area contributed by atoms with Gasteiger partial charge in [-0.1, -0.05) is 12.1 Å². The number of amides is 2. The summed E-state index contributed by atoms with van der Waals surface area (Å²) >= 11 is 0. The highest BCUT2D eigenvalue weighted by Gasteiger charge is 2.58. The van der Waals surface area contributed by atoms with E-state index in [2.05, 4.69) is 33.5 Å². The average Bonchev–Trinajstić information content (AvgIpc) is 1.74.